The molecule has 0 saturated carbocycles. The Morgan fingerprint density at radius 3 is 2.71 bits per heavy atom. The zero-order chi connectivity index (χ0) is 12.4. The van der Waals surface area contributed by atoms with Crippen LogP contribution in [-0.2, 0) is 4.79 Å². The Morgan fingerprint density at radius 1 is 1.53 bits per heavy atom. The molecule has 1 saturated heterocycles. The van der Waals surface area contributed by atoms with Crippen molar-refractivity contribution in [1.29, 1.82) is 0 Å². The first kappa shape index (κ1) is 12.5. The second-order valence-electron chi connectivity index (χ2n) is 4.93. The fourth-order valence-corrected chi connectivity index (χ4v) is 2.58. The van der Waals surface area contributed by atoms with Crippen molar-refractivity contribution >= 4 is 22.4 Å². The number of hydrogen-bond acceptors (Lipinski definition) is 4. The molecule has 17 heavy (non-hydrogen) atoms. The minimum atomic E-state index is 0.0580. The van der Waals surface area contributed by atoms with Gasteiger partial charge in [-0.05, 0) is 24.9 Å². The number of rotatable bonds is 4. The third kappa shape index (κ3) is 2.84. The third-order valence-corrected chi connectivity index (χ3v) is 4.05. The smallest absolute Gasteiger partial charge is 0.229 e. The van der Waals surface area contributed by atoms with Crippen LogP contribution in [-0.4, -0.2) is 24.0 Å². The Kier molecular flexibility index (Phi) is 3.79. The third-order valence-electron chi connectivity index (χ3n) is 3.28. The molecule has 4 nitrogen and oxygen atoms in total. The van der Waals surface area contributed by atoms with Gasteiger partial charge in [0.05, 0.1) is 5.69 Å². The van der Waals surface area contributed by atoms with Gasteiger partial charge in [-0.3, -0.25) is 4.79 Å². The standard InChI is InChI=1S/C12H19N3OS/c1-7(2)10-6-17-12(14-10)15-11(16)8(3)9-4-13-5-9/h6-9,13H,4-5H2,1-3H3,(H,14,15,16). The lowest BCUT2D eigenvalue weighted by atomic mass is 9.88. The van der Waals surface area contributed by atoms with Gasteiger partial charge in [0.2, 0.25) is 5.91 Å². The molecule has 2 rings (SSSR count). The van der Waals surface area contributed by atoms with E-state index in [9.17, 15) is 4.79 Å². The molecule has 1 amide bonds. The van der Waals surface area contributed by atoms with Gasteiger partial charge in [-0.15, -0.1) is 11.3 Å². The van der Waals surface area contributed by atoms with Crippen molar-refractivity contribution in [2.24, 2.45) is 11.8 Å². The molecule has 2 heterocycles. The van der Waals surface area contributed by atoms with Crippen LogP contribution in [0, 0.1) is 11.8 Å². The second-order valence-corrected chi connectivity index (χ2v) is 5.79. The summed E-state index contributed by atoms with van der Waals surface area (Å²) >= 11 is 1.50. The molecular formula is C12H19N3OS. The van der Waals surface area contributed by atoms with E-state index in [1.165, 1.54) is 11.3 Å². The first-order chi connectivity index (χ1) is 8.08. The molecule has 0 aromatic carbocycles. The van der Waals surface area contributed by atoms with E-state index in [-0.39, 0.29) is 11.8 Å². The number of nitrogens with one attached hydrogen (secondary N) is 2. The minimum absolute atomic E-state index is 0.0580. The lowest BCUT2D eigenvalue weighted by molar-refractivity contribution is -0.121. The largest absolute Gasteiger partial charge is 0.316 e. The summed E-state index contributed by atoms with van der Waals surface area (Å²) in [7, 11) is 0. The highest BCUT2D eigenvalue weighted by atomic mass is 32.1. The van der Waals surface area contributed by atoms with Gasteiger partial charge < -0.3 is 10.6 Å². The Bertz CT molecular complexity index is 398. The highest BCUT2D eigenvalue weighted by Gasteiger charge is 2.29. The molecule has 1 aliphatic heterocycles. The van der Waals surface area contributed by atoms with E-state index < -0.39 is 0 Å². The molecule has 0 spiro atoms. The maximum atomic E-state index is 12.0. The second kappa shape index (κ2) is 5.14. The number of aromatic nitrogens is 1. The fourth-order valence-electron chi connectivity index (χ4n) is 1.71. The number of carbonyl (C=O) groups excluding carboxylic acids is 1. The van der Waals surface area contributed by atoms with E-state index in [4.69, 9.17) is 0 Å². The Balaban J connectivity index is 1.92. The van der Waals surface area contributed by atoms with Gasteiger partial charge in [0.15, 0.2) is 5.13 Å². The van der Waals surface area contributed by atoms with Crippen LogP contribution >= 0.6 is 11.3 Å². The summed E-state index contributed by atoms with van der Waals surface area (Å²) in [6, 6.07) is 0. The predicted molar refractivity (Wildman–Crippen MR) is 70.4 cm³/mol. The van der Waals surface area contributed by atoms with Crippen molar-refractivity contribution in [2.75, 3.05) is 18.4 Å². The number of amides is 1. The van der Waals surface area contributed by atoms with Gasteiger partial charge in [-0.1, -0.05) is 20.8 Å². The van der Waals surface area contributed by atoms with Crippen LogP contribution in [0.4, 0.5) is 5.13 Å². The lowest BCUT2D eigenvalue weighted by Crippen LogP contribution is -2.48. The number of thiazole rings is 1. The molecule has 2 N–H and O–H groups in total. The maximum absolute atomic E-state index is 12.0. The molecule has 1 aromatic heterocycles. The monoisotopic (exact) mass is 253 g/mol. The summed E-state index contributed by atoms with van der Waals surface area (Å²) < 4.78 is 0. The molecule has 0 bridgehead atoms. The normalized spacial score (nSPS) is 17.9. The molecule has 0 radical (unpaired) electrons. The van der Waals surface area contributed by atoms with Crippen LogP contribution < -0.4 is 10.6 Å². The van der Waals surface area contributed by atoms with E-state index in [0.717, 1.165) is 23.9 Å². The quantitative estimate of drug-likeness (QED) is 0.863. The number of carbonyl (C=O) groups is 1. The molecule has 1 aliphatic rings. The van der Waals surface area contributed by atoms with E-state index in [1.807, 2.05) is 12.3 Å². The highest BCUT2D eigenvalue weighted by Crippen LogP contribution is 2.23. The number of anilines is 1. The van der Waals surface area contributed by atoms with E-state index in [0.29, 0.717) is 11.8 Å². The van der Waals surface area contributed by atoms with Gasteiger partial charge >= 0.3 is 0 Å². The Labute approximate surface area is 106 Å². The molecule has 0 aliphatic carbocycles. The lowest BCUT2D eigenvalue weighted by Gasteiger charge is -2.31. The molecule has 1 aromatic rings. The van der Waals surface area contributed by atoms with Crippen molar-refractivity contribution in [1.82, 2.24) is 10.3 Å². The topological polar surface area (TPSA) is 54.0 Å². The van der Waals surface area contributed by atoms with Crippen LogP contribution in [0.25, 0.3) is 0 Å². The Morgan fingerprint density at radius 2 is 2.24 bits per heavy atom. The highest BCUT2D eigenvalue weighted by molar-refractivity contribution is 7.13. The van der Waals surface area contributed by atoms with Crippen molar-refractivity contribution in [3.05, 3.63) is 11.1 Å². The van der Waals surface area contributed by atoms with Crippen molar-refractivity contribution in [2.45, 2.75) is 26.7 Å². The van der Waals surface area contributed by atoms with Gasteiger partial charge in [0.25, 0.3) is 0 Å². The molecule has 5 heteroatoms. The van der Waals surface area contributed by atoms with Crippen LogP contribution in [0.15, 0.2) is 5.38 Å². The van der Waals surface area contributed by atoms with E-state index >= 15 is 0 Å². The molecular weight excluding hydrogens is 234 g/mol. The SMILES string of the molecule is CC(C)c1csc(NC(=O)C(C)C2CNC2)n1. The van der Waals surface area contributed by atoms with Crippen LogP contribution in [0.1, 0.15) is 32.4 Å². The number of nitrogens with zero attached hydrogens (tertiary/aromatic N) is 1. The molecule has 94 valence electrons. The summed E-state index contributed by atoms with van der Waals surface area (Å²) in [5.74, 6) is 1.02. The predicted octanol–water partition coefficient (Wildman–Crippen LogP) is 2.06. The van der Waals surface area contributed by atoms with Crippen molar-refractivity contribution in [3.8, 4) is 0 Å². The van der Waals surface area contributed by atoms with Crippen molar-refractivity contribution in [3.63, 3.8) is 0 Å². The average Bonchev–Trinajstić information content (AvgIpc) is 2.63. The van der Waals surface area contributed by atoms with Crippen LogP contribution in [0.3, 0.4) is 0 Å². The number of hydrogen-bond donors (Lipinski definition) is 2. The van der Waals surface area contributed by atoms with Gasteiger partial charge in [0.1, 0.15) is 0 Å². The first-order valence-electron chi connectivity index (χ1n) is 6.05. The zero-order valence-corrected chi connectivity index (χ0v) is 11.3. The Hall–Kier alpha value is -0.940. The summed E-state index contributed by atoms with van der Waals surface area (Å²) in [5, 5.41) is 8.82. The van der Waals surface area contributed by atoms with E-state index in [2.05, 4.69) is 29.5 Å². The summed E-state index contributed by atoms with van der Waals surface area (Å²) in [6.45, 7) is 8.08. The molecule has 1 unspecified atom stereocenters. The van der Waals surface area contributed by atoms with Crippen LogP contribution in [0.5, 0.6) is 0 Å². The minimum Gasteiger partial charge on any atom is -0.316 e. The fraction of sp³-hybridized carbons (Fsp3) is 0.667. The molecule has 1 fully saturated rings. The first-order valence-corrected chi connectivity index (χ1v) is 6.93. The average molecular weight is 253 g/mol. The maximum Gasteiger partial charge on any atom is 0.229 e. The van der Waals surface area contributed by atoms with Crippen LogP contribution in [0.2, 0.25) is 0 Å². The van der Waals surface area contributed by atoms with Gasteiger partial charge in [0, 0.05) is 11.3 Å². The summed E-state index contributed by atoms with van der Waals surface area (Å²) in [4.78, 5) is 16.4. The summed E-state index contributed by atoms with van der Waals surface area (Å²) in [5.41, 5.74) is 1.04. The van der Waals surface area contributed by atoms with Gasteiger partial charge in [-0.2, -0.15) is 0 Å². The van der Waals surface area contributed by atoms with Gasteiger partial charge in [-0.25, -0.2) is 4.98 Å². The molecule has 1 atom stereocenters. The summed E-state index contributed by atoms with van der Waals surface area (Å²) in [6.07, 6.45) is 0. The zero-order valence-electron chi connectivity index (χ0n) is 10.5. The van der Waals surface area contributed by atoms with Crippen molar-refractivity contribution < 1.29 is 4.79 Å². The van der Waals surface area contributed by atoms with E-state index in [1.54, 1.807) is 0 Å².